The SMILES string of the molecule is CCCCCCc1cccc(NC(=O)[C@@H](CCP(=O)(OCc2ccccc2)OCc2ccccc2)NC(=O)OC(C)(C)C)c1. The fourth-order valence-corrected chi connectivity index (χ4v) is 6.06. The topological polar surface area (TPSA) is 103 Å². The predicted molar refractivity (Wildman–Crippen MR) is 176 cm³/mol. The number of rotatable bonds is 17. The van der Waals surface area contributed by atoms with Crippen LogP contribution in [0.15, 0.2) is 84.9 Å². The van der Waals surface area contributed by atoms with Gasteiger partial charge in [0, 0.05) is 5.69 Å². The summed E-state index contributed by atoms with van der Waals surface area (Å²) in [6.07, 6.45) is 4.69. The van der Waals surface area contributed by atoms with Crippen LogP contribution in [0.3, 0.4) is 0 Å². The van der Waals surface area contributed by atoms with Crippen molar-refractivity contribution in [3.63, 3.8) is 0 Å². The van der Waals surface area contributed by atoms with Crippen molar-refractivity contribution in [3.05, 3.63) is 102 Å². The molecule has 0 aliphatic rings. The lowest BCUT2D eigenvalue weighted by atomic mass is 10.1. The molecular weight excluding hydrogens is 575 g/mol. The monoisotopic (exact) mass is 622 g/mol. The Morgan fingerprint density at radius 1 is 0.795 bits per heavy atom. The third-order valence-electron chi connectivity index (χ3n) is 6.75. The van der Waals surface area contributed by atoms with Crippen molar-refractivity contribution in [3.8, 4) is 0 Å². The van der Waals surface area contributed by atoms with Crippen molar-refractivity contribution < 1.29 is 27.9 Å². The summed E-state index contributed by atoms with van der Waals surface area (Å²) >= 11 is 0. The van der Waals surface area contributed by atoms with E-state index in [1.807, 2.05) is 84.9 Å². The lowest BCUT2D eigenvalue weighted by Crippen LogP contribution is -2.46. The molecule has 0 bridgehead atoms. The van der Waals surface area contributed by atoms with Crippen LogP contribution < -0.4 is 10.6 Å². The minimum absolute atomic E-state index is 0.00262. The maximum absolute atomic E-state index is 14.0. The Balaban J connectivity index is 1.75. The van der Waals surface area contributed by atoms with E-state index in [1.54, 1.807) is 20.8 Å². The molecule has 9 heteroatoms. The molecule has 0 saturated carbocycles. The van der Waals surface area contributed by atoms with Gasteiger partial charge in [-0.1, -0.05) is 99.0 Å². The fraction of sp³-hybridized carbons (Fsp3) is 0.429. The minimum Gasteiger partial charge on any atom is -0.444 e. The number of aryl methyl sites for hydroxylation is 1. The Hall–Kier alpha value is -3.45. The van der Waals surface area contributed by atoms with Gasteiger partial charge in [-0.15, -0.1) is 0 Å². The highest BCUT2D eigenvalue weighted by Crippen LogP contribution is 2.50. The predicted octanol–water partition coefficient (Wildman–Crippen LogP) is 8.66. The molecule has 44 heavy (non-hydrogen) atoms. The van der Waals surface area contributed by atoms with Crippen LogP contribution in [0.4, 0.5) is 10.5 Å². The van der Waals surface area contributed by atoms with Crippen molar-refractivity contribution >= 4 is 25.3 Å². The van der Waals surface area contributed by atoms with Gasteiger partial charge in [0.05, 0.1) is 19.4 Å². The highest BCUT2D eigenvalue weighted by atomic mass is 31.2. The van der Waals surface area contributed by atoms with Crippen LogP contribution in [0.5, 0.6) is 0 Å². The summed E-state index contributed by atoms with van der Waals surface area (Å²) in [6.45, 7) is 7.58. The third-order valence-corrected chi connectivity index (χ3v) is 8.60. The number of benzene rings is 3. The zero-order chi connectivity index (χ0) is 31.8. The summed E-state index contributed by atoms with van der Waals surface area (Å²) in [5.41, 5.74) is 2.68. The molecule has 0 heterocycles. The number of hydrogen-bond donors (Lipinski definition) is 2. The lowest BCUT2D eigenvalue weighted by Gasteiger charge is -2.25. The molecule has 3 aromatic rings. The largest absolute Gasteiger partial charge is 0.444 e. The van der Waals surface area contributed by atoms with Crippen LogP contribution in [0.1, 0.15) is 76.5 Å². The molecule has 0 spiro atoms. The minimum atomic E-state index is -3.71. The zero-order valence-corrected chi connectivity index (χ0v) is 27.3. The standard InChI is InChI=1S/C35H47N2O6P/c1-5-6-7-10-16-28-21-15-22-31(25-28)36-33(38)32(37-34(39)43-35(2,3)4)23-24-44(40,41-26-29-17-11-8-12-18-29)42-27-30-19-13-9-14-20-30/h8-9,11-15,17-22,25,32H,5-7,10,16,23-24,26-27H2,1-4H3,(H,36,38)(H,37,39)/t32-/m1/s1. The Kier molecular flexibility index (Phi) is 14.1. The number of unbranched alkanes of at least 4 members (excludes halogenated alkanes) is 3. The lowest BCUT2D eigenvalue weighted by molar-refractivity contribution is -0.118. The molecule has 3 rings (SSSR count). The Morgan fingerprint density at radius 3 is 1.95 bits per heavy atom. The summed E-state index contributed by atoms with van der Waals surface area (Å²) in [7, 11) is -3.71. The van der Waals surface area contributed by atoms with Crippen LogP contribution in [0.25, 0.3) is 0 Å². The van der Waals surface area contributed by atoms with Crippen molar-refractivity contribution in [2.75, 3.05) is 11.5 Å². The number of amides is 2. The average Bonchev–Trinajstić information content (AvgIpc) is 3.00. The average molecular weight is 623 g/mol. The zero-order valence-electron chi connectivity index (χ0n) is 26.4. The summed E-state index contributed by atoms with van der Waals surface area (Å²) in [6, 6.07) is 25.4. The van der Waals surface area contributed by atoms with Gasteiger partial charge >= 0.3 is 13.7 Å². The van der Waals surface area contributed by atoms with E-state index < -0.39 is 31.2 Å². The van der Waals surface area contributed by atoms with Gasteiger partial charge in [0.2, 0.25) is 5.91 Å². The van der Waals surface area contributed by atoms with Gasteiger partial charge in [0.25, 0.3) is 0 Å². The van der Waals surface area contributed by atoms with E-state index in [9.17, 15) is 14.2 Å². The molecule has 2 amide bonds. The quantitative estimate of drug-likeness (QED) is 0.115. The molecule has 0 aliphatic heterocycles. The van der Waals surface area contributed by atoms with E-state index in [0.29, 0.717) is 5.69 Å². The van der Waals surface area contributed by atoms with Gasteiger partial charge in [-0.2, -0.15) is 0 Å². The molecule has 0 aromatic heterocycles. The second kappa shape index (κ2) is 17.7. The van der Waals surface area contributed by atoms with Gasteiger partial charge in [-0.3, -0.25) is 9.36 Å². The summed E-state index contributed by atoms with van der Waals surface area (Å²) in [5.74, 6) is -0.448. The van der Waals surface area contributed by atoms with Crippen LogP contribution in [-0.2, 0) is 42.8 Å². The summed E-state index contributed by atoms with van der Waals surface area (Å²) in [4.78, 5) is 26.3. The number of nitrogens with one attached hydrogen (secondary N) is 2. The molecule has 0 radical (unpaired) electrons. The Morgan fingerprint density at radius 2 is 1.39 bits per heavy atom. The van der Waals surface area contributed by atoms with Gasteiger partial charge in [0.1, 0.15) is 11.6 Å². The Labute approximate surface area is 262 Å². The molecule has 238 valence electrons. The van der Waals surface area contributed by atoms with Gasteiger partial charge in [-0.05, 0) is 68.9 Å². The Bertz CT molecular complexity index is 1300. The van der Waals surface area contributed by atoms with E-state index in [-0.39, 0.29) is 25.8 Å². The number of ether oxygens (including phenoxy) is 1. The first kappa shape index (κ1) is 35.0. The van der Waals surface area contributed by atoms with Crippen LogP contribution in [0, 0.1) is 0 Å². The van der Waals surface area contributed by atoms with Gasteiger partial charge < -0.3 is 24.4 Å². The van der Waals surface area contributed by atoms with Crippen LogP contribution in [-0.4, -0.2) is 29.8 Å². The van der Waals surface area contributed by atoms with E-state index in [2.05, 4.69) is 17.6 Å². The molecule has 1 atom stereocenters. The first-order valence-corrected chi connectivity index (χ1v) is 17.1. The first-order chi connectivity index (χ1) is 21.0. The van der Waals surface area contributed by atoms with Crippen molar-refractivity contribution in [2.45, 2.75) is 91.1 Å². The molecule has 0 aliphatic carbocycles. The molecule has 8 nitrogen and oxygen atoms in total. The van der Waals surface area contributed by atoms with Crippen molar-refractivity contribution in [1.82, 2.24) is 5.32 Å². The number of carbonyl (C=O) groups excluding carboxylic acids is 2. The van der Waals surface area contributed by atoms with Crippen molar-refractivity contribution in [2.24, 2.45) is 0 Å². The summed E-state index contributed by atoms with van der Waals surface area (Å²) < 4.78 is 31.3. The number of carbonyl (C=O) groups is 2. The fourth-order valence-electron chi connectivity index (χ4n) is 4.46. The highest BCUT2D eigenvalue weighted by molar-refractivity contribution is 7.53. The van der Waals surface area contributed by atoms with E-state index in [0.717, 1.165) is 36.0 Å². The summed E-state index contributed by atoms with van der Waals surface area (Å²) in [5, 5.41) is 5.59. The third kappa shape index (κ3) is 13.5. The van der Waals surface area contributed by atoms with Crippen LogP contribution >= 0.6 is 7.60 Å². The maximum Gasteiger partial charge on any atom is 0.408 e. The van der Waals surface area contributed by atoms with Crippen LogP contribution in [0.2, 0.25) is 0 Å². The first-order valence-electron chi connectivity index (χ1n) is 15.4. The highest BCUT2D eigenvalue weighted by Gasteiger charge is 2.31. The number of alkyl carbamates (subject to hydrolysis) is 1. The van der Waals surface area contributed by atoms with E-state index in [4.69, 9.17) is 13.8 Å². The maximum atomic E-state index is 14.0. The molecular formula is C35H47N2O6P. The number of hydrogen-bond acceptors (Lipinski definition) is 6. The molecule has 0 unspecified atom stereocenters. The van der Waals surface area contributed by atoms with E-state index in [1.165, 1.54) is 12.8 Å². The van der Waals surface area contributed by atoms with Gasteiger partial charge in [-0.25, -0.2) is 4.79 Å². The second-order valence-corrected chi connectivity index (χ2v) is 14.0. The number of anilines is 1. The van der Waals surface area contributed by atoms with E-state index >= 15 is 0 Å². The molecule has 0 fully saturated rings. The molecule has 0 saturated heterocycles. The van der Waals surface area contributed by atoms with Gasteiger partial charge in [0.15, 0.2) is 0 Å². The van der Waals surface area contributed by atoms with Crippen molar-refractivity contribution in [1.29, 1.82) is 0 Å². The molecule has 2 N–H and O–H groups in total. The smallest absolute Gasteiger partial charge is 0.408 e. The second-order valence-electron chi connectivity index (χ2n) is 11.8. The normalized spacial score (nSPS) is 12.4. The molecule has 3 aromatic carbocycles.